The Morgan fingerprint density at radius 2 is 1.68 bits per heavy atom. The Morgan fingerprint density at radius 1 is 0.964 bits per heavy atom. The van der Waals surface area contributed by atoms with Gasteiger partial charge >= 0.3 is 6.18 Å². The van der Waals surface area contributed by atoms with Gasteiger partial charge in [-0.1, -0.05) is 53.5 Å². The Kier molecular flexibility index (Phi) is 5.91. The fourth-order valence-corrected chi connectivity index (χ4v) is 2.87. The Hall–Kier alpha value is -2.57. The van der Waals surface area contributed by atoms with Gasteiger partial charge in [0, 0.05) is 11.8 Å². The number of amides is 1. The number of hydrogen-bond donors (Lipinski definition) is 1. The summed E-state index contributed by atoms with van der Waals surface area (Å²) in [5.41, 5.74) is 0.344. The van der Waals surface area contributed by atoms with Crippen molar-refractivity contribution in [3.05, 3.63) is 99.3 Å². The first-order chi connectivity index (χ1) is 13.3. The number of alkyl halides is 3. The molecule has 0 bridgehead atoms. The van der Waals surface area contributed by atoms with Crippen LogP contribution in [0.3, 0.4) is 0 Å². The second-order valence-electron chi connectivity index (χ2n) is 5.92. The van der Waals surface area contributed by atoms with Crippen molar-refractivity contribution in [1.29, 1.82) is 0 Å². The molecule has 1 N–H and O–H groups in total. The lowest BCUT2D eigenvalue weighted by Gasteiger charge is -2.19. The first kappa shape index (κ1) is 20.2. The van der Waals surface area contributed by atoms with Crippen LogP contribution < -0.4 is 5.32 Å². The summed E-state index contributed by atoms with van der Waals surface area (Å²) < 4.78 is 38.4. The van der Waals surface area contributed by atoms with E-state index in [-0.39, 0.29) is 16.3 Å². The second-order valence-corrected chi connectivity index (χ2v) is 6.73. The molecule has 2 aromatic carbocycles. The van der Waals surface area contributed by atoms with Crippen molar-refractivity contribution < 1.29 is 18.0 Å². The van der Waals surface area contributed by atoms with Gasteiger partial charge in [-0.25, -0.2) is 0 Å². The third-order valence-electron chi connectivity index (χ3n) is 4.00. The van der Waals surface area contributed by atoms with E-state index in [1.165, 1.54) is 24.3 Å². The third kappa shape index (κ3) is 4.64. The van der Waals surface area contributed by atoms with E-state index in [9.17, 15) is 18.0 Å². The largest absolute Gasteiger partial charge is 0.417 e. The minimum atomic E-state index is -4.49. The molecule has 1 amide bonds. The molecule has 1 aromatic heterocycles. The van der Waals surface area contributed by atoms with Gasteiger partial charge in [-0.3, -0.25) is 9.78 Å². The van der Waals surface area contributed by atoms with Crippen molar-refractivity contribution in [1.82, 2.24) is 10.3 Å². The fourth-order valence-electron chi connectivity index (χ4n) is 2.57. The molecule has 3 aromatic rings. The first-order valence-corrected chi connectivity index (χ1v) is 8.85. The lowest BCUT2D eigenvalue weighted by molar-refractivity contribution is -0.137. The standard InChI is InChI=1S/C20H13Cl2F3N2O/c21-15-8-6-13(10-16(15)22)19(28)27-18(12-4-2-1-3-5-12)17-9-7-14(11-26-17)20(23,24)25/h1-11,18H,(H,27,28). The summed E-state index contributed by atoms with van der Waals surface area (Å²) in [6.07, 6.45) is -3.74. The summed E-state index contributed by atoms with van der Waals surface area (Å²) in [4.78, 5) is 16.6. The topological polar surface area (TPSA) is 42.0 Å². The molecule has 0 fully saturated rings. The van der Waals surface area contributed by atoms with Crippen molar-refractivity contribution in [3.8, 4) is 0 Å². The van der Waals surface area contributed by atoms with Crippen molar-refractivity contribution in [2.75, 3.05) is 0 Å². The maximum atomic E-state index is 12.8. The highest BCUT2D eigenvalue weighted by molar-refractivity contribution is 6.42. The van der Waals surface area contributed by atoms with E-state index < -0.39 is 23.7 Å². The molecule has 0 saturated heterocycles. The van der Waals surface area contributed by atoms with E-state index in [2.05, 4.69) is 10.3 Å². The van der Waals surface area contributed by atoms with Crippen LogP contribution in [0.1, 0.15) is 33.2 Å². The van der Waals surface area contributed by atoms with Crippen LogP contribution in [0.5, 0.6) is 0 Å². The molecule has 1 unspecified atom stereocenters. The Bertz CT molecular complexity index is 977. The second kappa shape index (κ2) is 8.20. The number of hydrogen-bond acceptors (Lipinski definition) is 2. The van der Waals surface area contributed by atoms with Crippen LogP contribution in [-0.4, -0.2) is 10.9 Å². The average molecular weight is 425 g/mol. The summed E-state index contributed by atoms with van der Waals surface area (Å²) in [5, 5.41) is 3.31. The van der Waals surface area contributed by atoms with E-state index in [4.69, 9.17) is 23.2 Å². The molecular formula is C20H13Cl2F3N2O. The molecule has 1 heterocycles. The van der Waals surface area contributed by atoms with Crippen molar-refractivity contribution in [2.45, 2.75) is 12.2 Å². The fraction of sp³-hybridized carbons (Fsp3) is 0.100. The molecule has 0 aliphatic heterocycles. The SMILES string of the molecule is O=C(NC(c1ccccc1)c1ccc(C(F)(F)F)cn1)c1ccc(Cl)c(Cl)c1. The summed E-state index contributed by atoms with van der Waals surface area (Å²) in [6.45, 7) is 0. The monoisotopic (exact) mass is 424 g/mol. The molecule has 144 valence electrons. The van der Waals surface area contributed by atoms with Crippen LogP contribution in [0.15, 0.2) is 66.9 Å². The molecule has 8 heteroatoms. The molecule has 3 nitrogen and oxygen atoms in total. The normalized spacial score (nSPS) is 12.5. The smallest absolute Gasteiger partial charge is 0.340 e. The molecule has 0 aliphatic carbocycles. The van der Waals surface area contributed by atoms with Gasteiger partial charge in [0.1, 0.15) is 0 Å². The number of pyridine rings is 1. The minimum Gasteiger partial charge on any atom is -0.340 e. The van der Waals surface area contributed by atoms with E-state index in [0.29, 0.717) is 10.6 Å². The minimum absolute atomic E-state index is 0.221. The molecule has 3 rings (SSSR count). The number of carbonyl (C=O) groups is 1. The zero-order valence-corrected chi connectivity index (χ0v) is 15.7. The van der Waals surface area contributed by atoms with Crippen LogP contribution in [0, 0.1) is 0 Å². The first-order valence-electron chi connectivity index (χ1n) is 8.09. The molecule has 28 heavy (non-hydrogen) atoms. The van der Waals surface area contributed by atoms with Gasteiger partial charge in [-0.2, -0.15) is 13.2 Å². The van der Waals surface area contributed by atoms with Gasteiger partial charge in [-0.05, 0) is 35.9 Å². The van der Waals surface area contributed by atoms with E-state index in [1.807, 2.05) is 0 Å². The summed E-state index contributed by atoms with van der Waals surface area (Å²) in [6, 6.07) is 14.7. The lowest BCUT2D eigenvalue weighted by Crippen LogP contribution is -2.30. The number of carbonyl (C=O) groups excluding carboxylic acids is 1. The zero-order valence-electron chi connectivity index (χ0n) is 14.2. The molecule has 1 atom stereocenters. The van der Waals surface area contributed by atoms with Crippen molar-refractivity contribution in [2.24, 2.45) is 0 Å². The highest BCUT2D eigenvalue weighted by Crippen LogP contribution is 2.30. The molecule has 0 saturated carbocycles. The van der Waals surface area contributed by atoms with Crippen molar-refractivity contribution >= 4 is 29.1 Å². The molecule has 0 radical (unpaired) electrons. The predicted molar refractivity (Wildman–Crippen MR) is 101 cm³/mol. The average Bonchev–Trinajstić information content (AvgIpc) is 2.68. The lowest BCUT2D eigenvalue weighted by atomic mass is 10.0. The van der Waals surface area contributed by atoms with Crippen LogP contribution in [0.2, 0.25) is 10.0 Å². The highest BCUT2D eigenvalue weighted by atomic mass is 35.5. The number of halogens is 5. The maximum absolute atomic E-state index is 12.8. The maximum Gasteiger partial charge on any atom is 0.417 e. The summed E-state index contributed by atoms with van der Waals surface area (Å²) in [5.74, 6) is -0.464. The summed E-state index contributed by atoms with van der Waals surface area (Å²) in [7, 11) is 0. The van der Waals surface area contributed by atoms with Gasteiger partial charge in [0.15, 0.2) is 0 Å². The van der Waals surface area contributed by atoms with Crippen LogP contribution in [0.25, 0.3) is 0 Å². The van der Waals surface area contributed by atoms with Crippen LogP contribution in [-0.2, 0) is 6.18 Å². The molecule has 0 aliphatic rings. The Labute approximate surface area is 169 Å². The van der Waals surface area contributed by atoms with Crippen LogP contribution in [0.4, 0.5) is 13.2 Å². The highest BCUT2D eigenvalue weighted by Gasteiger charge is 2.31. The Morgan fingerprint density at radius 3 is 2.25 bits per heavy atom. The number of rotatable bonds is 4. The molecule has 0 spiro atoms. The number of nitrogens with zero attached hydrogens (tertiary/aromatic N) is 1. The molecular weight excluding hydrogens is 412 g/mol. The summed E-state index contributed by atoms with van der Waals surface area (Å²) >= 11 is 11.8. The van der Waals surface area contributed by atoms with Gasteiger partial charge < -0.3 is 5.32 Å². The zero-order chi connectivity index (χ0) is 20.3. The number of nitrogens with one attached hydrogen (secondary N) is 1. The number of aromatic nitrogens is 1. The van der Waals surface area contributed by atoms with Crippen LogP contribution >= 0.6 is 23.2 Å². The van der Waals surface area contributed by atoms with E-state index in [0.717, 1.165) is 12.3 Å². The van der Waals surface area contributed by atoms with E-state index in [1.54, 1.807) is 30.3 Å². The van der Waals surface area contributed by atoms with Gasteiger partial charge in [0.05, 0.1) is 27.3 Å². The third-order valence-corrected chi connectivity index (χ3v) is 4.74. The predicted octanol–water partition coefficient (Wildman–Crippen LogP) is 5.93. The quantitative estimate of drug-likeness (QED) is 0.564. The Balaban J connectivity index is 1.94. The van der Waals surface area contributed by atoms with Gasteiger partial charge in [-0.15, -0.1) is 0 Å². The van der Waals surface area contributed by atoms with Gasteiger partial charge in [0.2, 0.25) is 0 Å². The van der Waals surface area contributed by atoms with Gasteiger partial charge in [0.25, 0.3) is 5.91 Å². The van der Waals surface area contributed by atoms with Crippen molar-refractivity contribution in [3.63, 3.8) is 0 Å². The van der Waals surface area contributed by atoms with E-state index >= 15 is 0 Å². The number of benzene rings is 2.